The molecule has 0 saturated carbocycles. The van der Waals surface area contributed by atoms with Crippen molar-refractivity contribution in [1.82, 2.24) is 9.55 Å². The molecule has 6 heteroatoms. The lowest BCUT2D eigenvalue weighted by Gasteiger charge is -2.12. The van der Waals surface area contributed by atoms with Crippen LogP contribution < -0.4 is 10.3 Å². The van der Waals surface area contributed by atoms with Gasteiger partial charge in [0, 0.05) is 10.6 Å². The number of aryl methyl sites for hydroxylation is 2. The van der Waals surface area contributed by atoms with Gasteiger partial charge in [-0.05, 0) is 50.1 Å². The number of hydrogen-bond donors (Lipinski definition) is 0. The van der Waals surface area contributed by atoms with Crippen LogP contribution in [0, 0.1) is 6.92 Å². The summed E-state index contributed by atoms with van der Waals surface area (Å²) in [4.78, 5) is 20.3. The highest BCUT2D eigenvalue weighted by atomic mass is 32.2. The molecule has 0 fully saturated rings. The first-order valence-corrected chi connectivity index (χ1v) is 10.9. The van der Waals surface area contributed by atoms with Crippen LogP contribution in [0.3, 0.4) is 0 Å². The van der Waals surface area contributed by atoms with Gasteiger partial charge in [0.2, 0.25) is 0 Å². The molecular weight excluding hydrogens is 376 g/mol. The van der Waals surface area contributed by atoms with Crippen LogP contribution in [0.25, 0.3) is 15.9 Å². The van der Waals surface area contributed by atoms with Crippen molar-refractivity contribution >= 4 is 33.3 Å². The Balaban J connectivity index is 2.21. The average molecular weight is 401 g/mol. The molecule has 3 aromatic rings. The fraction of sp³-hybridized carbons (Fsp3) is 0.333. The monoisotopic (exact) mass is 400 g/mol. The Labute approximate surface area is 167 Å². The first-order valence-electron chi connectivity index (χ1n) is 9.12. The lowest BCUT2D eigenvalue weighted by molar-refractivity contribution is 0.340. The minimum atomic E-state index is -0.00757. The molecule has 0 N–H and O–H groups in total. The molecule has 0 aliphatic carbocycles. The van der Waals surface area contributed by atoms with Gasteiger partial charge in [-0.25, -0.2) is 4.98 Å². The van der Waals surface area contributed by atoms with Gasteiger partial charge in [-0.2, -0.15) is 0 Å². The molecule has 0 radical (unpaired) electrons. The molecule has 3 rings (SSSR count). The number of nitrogens with zero attached hydrogens (tertiary/aromatic N) is 2. The molecular formula is C21H24N2O2S2. The molecule has 0 bridgehead atoms. The zero-order valence-electron chi connectivity index (χ0n) is 15.9. The van der Waals surface area contributed by atoms with Crippen LogP contribution in [0.1, 0.15) is 30.7 Å². The molecule has 2 heterocycles. The fourth-order valence-corrected chi connectivity index (χ4v) is 5.06. The van der Waals surface area contributed by atoms with Gasteiger partial charge < -0.3 is 4.74 Å². The van der Waals surface area contributed by atoms with E-state index in [2.05, 4.69) is 13.5 Å². The third kappa shape index (κ3) is 3.96. The Morgan fingerprint density at radius 3 is 2.67 bits per heavy atom. The second-order valence-corrected chi connectivity index (χ2v) is 8.21. The van der Waals surface area contributed by atoms with Gasteiger partial charge in [0.25, 0.3) is 5.56 Å². The van der Waals surface area contributed by atoms with Gasteiger partial charge >= 0.3 is 0 Å². The Bertz CT molecular complexity index is 1000. The van der Waals surface area contributed by atoms with E-state index < -0.39 is 0 Å². The summed E-state index contributed by atoms with van der Waals surface area (Å²) in [5.41, 5.74) is 1.85. The lowest BCUT2D eigenvalue weighted by atomic mass is 10.1. The minimum Gasteiger partial charge on any atom is -0.494 e. The highest BCUT2D eigenvalue weighted by Gasteiger charge is 2.18. The van der Waals surface area contributed by atoms with Crippen molar-refractivity contribution in [3.8, 4) is 11.4 Å². The van der Waals surface area contributed by atoms with E-state index in [1.807, 2.05) is 44.2 Å². The predicted molar refractivity (Wildman–Crippen MR) is 116 cm³/mol. The Morgan fingerprint density at radius 2 is 2.04 bits per heavy atom. The maximum absolute atomic E-state index is 13.4. The van der Waals surface area contributed by atoms with Gasteiger partial charge in [0.1, 0.15) is 10.6 Å². The number of hydrogen-bond acceptors (Lipinski definition) is 5. The Hall–Kier alpha value is -2.05. The first kappa shape index (κ1) is 19.7. The summed E-state index contributed by atoms with van der Waals surface area (Å²) >= 11 is 3.16. The molecule has 1 aromatic carbocycles. The Morgan fingerprint density at radius 1 is 1.30 bits per heavy atom. The number of rotatable bonds is 8. The zero-order chi connectivity index (χ0) is 19.4. The van der Waals surface area contributed by atoms with Crippen molar-refractivity contribution in [2.24, 2.45) is 0 Å². The van der Waals surface area contributed by atoms with E-state index in [1.165, 1.54) is 16.6 Å². The minimum absolute atomic E-state index is 0.00757. The third-order valence-electron chi connectivity index (χ3n) is 4.25. The van der Waals surface area contributed by atoms with E-state index in [9.17, 15) is 4.79 Å². The van der Waals surface area contributed by atoms with E-state index in [4.69, 9.17) is 9.72 Å². The Kier molecular flexibility index (Phi) is 6.39. The molecule has 27 heavy (non-hydrogen) atoms. The van der Waals surface area contributed by atoms with Crippen LogP contribution in [0.15, 0.2) is 46.9 Å². The lowest BCUT2D eigenvalue weighted by Crippen LogP contribution is -2.21. The summed E-state index contributed by atoms with van der Waals surface area (Å²) < 4.78 is 7.23. The summed E-state index contributed by atoms with van der Waals surface area (Å²) in [6.07, 6.45) is 3.86. The van der Waals surface area contributed by atoms with Crippen molar-refractivity contribution in [3.63, 3.8) is 0 Å². The van der Waals surface area contributed by atoms with E-state index in [0.29, 0.717) is 17.5 Å². The van der Waals surface area contributed by atoms with E-state index in [-0.39, 0.29) is 5.56 Å². The molecule has 4 nitrogen and oxygen atoms in total. The highest BCUT2D eigenvalue weighted by molar-refractivity contribution is 7.99. The number of fused-ring (bicyclic) bond motifs is 1. The molecule has 0 spiro atoms. The smallest absolute Gasteiger partial charge is 0.267 e. The molecule has 0 atom stereocenters. The first-order chi connectivity index (χ1) is 13.1. The van der Waals surface area contributed by atoms with Gasteiger partial charge in [0.05, 0.1) is 17.7 Å². The molecule has 0 saturated heterocycles. The summed E-state index contributed by atoms with van der Waals surface area (Å²) in [7, 11) is 0. The van der Waals surface area contributed by atoms with Crippen LogP contribution in [0.2, 0.25) is 0 Å². The van der Waals surface area contributed by atoms with Crippen molar-refractivity contribution < 1.29 is 4.74 Å². The zero-order valence-corrected chi connectivity index (χ0v) is 17.6. The molecule has 142 valence electrons. The highest BCUT2D eigenvalue weighted by Crippen LogP contribution is 2.31. The third-order valence-corrected chi connectivity index (χ3v) is 6.43. The fourth-order valence-electron chi connectivity index (χ4n) is 2.99. The number of thioether (sulfide) groups is 1. The van der Waals surface area contributed by atoms with E-state index in [1.54, 1.807) is 15.9 Å². The van der Waals surface area contributed by atoms with Crippen molar-refractivity contribution in [2.45, 2.75) is 38.8 Å². The van der Waals surface area contributed by atoms with Crippen LogP contribution in [0.4, 0.5) is 0 Å². The van der Waals surface area contributed by atoms with Crippen molar-refractivity contribution in [1.29, 1.82) is 0 Å². The summed E-state index contributed by atoms with van der Waals surface area (Å²) in [5.74, 6) is 1.49. The normalized spacial score (nSPS) is 11.1. The van der Waals surface area contributed by atoms with Crippen molar-refractivity contribution in [3.05, 3.63) is 57.7 Å². The van der Waals surface area contributed by atoms with Gasteiger partial charge in [-0.15, -0.1) is 17.9 Å². The second kappa shape index (κ2) is 8.76. The van der Waals surface area contributed by atoms with Gasteiger partial charge in [-0.1, -0.05) is 31.2 Å². The largest absolute Gasteiger partial charge is 0.494 e. The maximum atomic E-state index is 13.4. The number of thiophene rings is 1. The van der Waals surface area contributed by atoms with E-state index >= 15 is 0 Å². The number of benzene rings is 1. The molecule has 0 aliphatic rings. The number of aromatic nitrogens is 2. The molecule has 0 aliphatic heterocycles. The van der Waals surface area contributed by atoms with E-state index in [0.717, 1.165) is 40.1 Å². The quantitative estimate of drug-likeness (QED) is 0.289. The predicted octanol–water partition coefficient (Wildman–Crippen LogP) is 5.38. The average Bonchev–Trinajstić information content (AvgIpc) is 2.97. The topological polar surface area (TPSA) is 44.1 Å². The molecule has 0 amide bonds. The SMILES string of the molecule is C=CCSc1nc2sc(CCC)c(C)c2c(=O)n1-c1ccc(OCC)cc1. The molecule has 2 aromatic heterocycles. The number of ether oxygens (including phenoxy) is 1. The van der Waals surface area contributed by atoms with Crippen molar-refractivity contribution in [2.75, 3.05) is 12.4 Å². The standard InChI is InChI=1S/C21H24N2O2S2/c1-5-8-17-14(4)18-19(27-17)22-21(26-13-6-2)23(20(18)24)15-9-11-16(12-10-15)25-7-3/h6,9-12H,2,5,7-8,13H2,1,3-4H3. The van der Waals surface area contributed by atoms with Crippen LogP contribution in [0.5, 0.6) is 5.75 Å². The van der Waals surface area contributed by atoms with Gasteiger partial charge in [0.15, 0.2) is 5.16 Å². The maximum Gasteiger partial charge on any atom is 0.267 e. The summed E-state index contributed by atoms with van der Waals surface area (Å²) in [5, 5.41) is 1.43. The summed E-state index contributed by atoms with van der Waals surface area (Å²) in [6.45, 7) is 10.5. The van der Waals surface area contributed by atoms with Crippen LogP contribution in [-0.2, 0) is 6.42 Å². The summed E-state index contributed by atoms with van der Waals surface area (Å²) in [6, 6.07) is 7.60. The molecule has 0 unspecified atom stereocenters. The second-order valence-electron chi connectivity index (χ2n) is 6.14. The van der Waals surface area contributed by atoms with Crippen LogP contribution >= 0.6 is 23.1 Å². The van der Waals surface area contributed by atoms with Crippen LogP contribution in [-0.4, -0.2) is 21.9 Å². The van der Waals surface area contributed by atoms with Gasteiger partial charge in [-0.3, -0.25) is 9.36 Å².